The second-order valence-corrected chi connectivity index (χ2v) is 5.13. The van der Waals surface area contributed by atoms with Crippen LogP contribution in [0.3, 0.4) is 0 Å². The van der Waals surface area contributed by atoms with Crippen LogP contribution in [0, 0.1) is 0 Å². The van der Waals surface area contributed by atoms with Gasteiger partial charge < -0.3 is 21.3 Å². The molecule has 128 valence electrons. The Hall–Kier alpha value is -3.69. The van der Waals surface area contributed by atoms with Crippen molar-refractivity contribution in [1.29, 1.82) is 0 Å². The average Bonchev–Trinajstić information content (AvgIpc) is 2.97. The molecule has 0 bridgehead atoms. The summed E-state index contributed by atoms with van der Waals surface area (Å²) in [4.78, 5) is 35.5. The van der Waals surface area contributed by atoms with Crippen molar-refractivity contribution in [3.8, 4) is 0 Å². The number of aliphatic carboxylic acids is 1. The van der Waals surface area contributed by atoms with Crippen molar-refractivity contribution >= 4 is 34.9 Å². The summed E-state index contributed by atoms with van der Waals surface area (Å²) in [6.45, 7) is -0.0602. The fraction of sp³-hybridized carbons (Fsp3) is 0.133. The molecule has 3 aromatic rings. The first-order chi connectivity index (χ1) is 12.0. The maximum atomic E-state index is 12.3. The van der Waals surface area contributed by atoms with Gasteiger partial charge in [0.05, 0.1) is 6.33 Å². The van der Waals surface area contributed by atoms with Gasteiger partial charge in [0, 0.05) is 0 Å². The summed E-state index contributed by atoms with van der Waals surface area (Å²) in [5, 5.41) is 9.46. The van der Waals surface area contributed by atoms with Crippen LogP contribution in [-0.4, -0.2) is 36.6 Å². The summed E-state index contributed by atoms with van der Waals surface area (Å²) in [6, 6.07) is 7.21. The van der Waals surface area contributed by atoms with E-state index in [4.69, 9.17) is 16.2 Å². The van der Waals surface area contributed by atoms with Crippen LogP contribution in [0.2, 0.25) is 0 Å². The molecule has 0 saturated carbocycles. The van der Waals surface area contributed by atoms with Gasteiger partial charge in [-0.25, -0.2) is 14.6 Å². The van der Waals surface area contributed by atoms with E-state index in [1.165, 1.54) is 0 Å². The molecular weight excluding hydrogens is 328 g/mol. The molecule has 0 aliphatic heterocycles. The number of carboxylic acid groups (broad SMARTS) is 1. The molecule has 2 aromatic heterocycles. The van der Waals surface area contributed by atoms with Crippen molar-refractivity contribution in [2.45, 2.75) is 12.6 Å². The summed E-state index contributed by atoms with van der Waals surface area (Å²) < 4.78 is 6.15. The number of hydrogen-bond donors (Lipinski definition) is 3. The highest BCUT2D eigenvalue weighted by Crippen LogP contribution is 2.22. The zero-order chi connectivity index (χ0) is 18.0. The minimum Gasteiger partial charge on any atom is -0.479 e. The zero-order valence-corrected chi connectivity index (χ0v) is 12.9. The number of nitrogens with two attached hydrogens (primary N) is 2. The van der Waals surface area contributed by atoms with Gasteiger partial charge in [-0.15, -0.1) is 0 Å². The van der Waals surface area contributed by atoms with E-state index in [1.807, 2.05) is 6.07 Å². The lowest BCUT2D eigenvalue weighted by Gasteiger charge is -2.14. The molecule has 2 heterocycles. The predicted octanol–water partition coefficient (Wildman–Crippen LogP) is 0.360. The lowest BCUT2D eigenvalue weighted by molar-refractivity contribution is -0.158. The molecule has 0 radical (unpaired) electrons. The van der Waals surface area contributed by atoms with E-state index < -0.39 is 18.0 Å². The van der Waals surface area contributed by atoms with Gasteiger partial charge in [-0.1, -0.05) is 30.3 Å². The highest BCUT2D eigenvalue weighted by molar-refractivity contribution is 5.98. The number of carbonyl (C=O) groups is 2. The summed E-state index contributed by atoms with van der Waals surface area (Å²) in [5.41, 5.74) is 12.1. The van der Waals surface area contributed by atoms with Crippen LogP contribution in [0.5, 0.6) is 0 Å². The number of ether oxygens (including phenoxy) is 1. The normalized spacial score (nSPS) is 12.0. The molecule has 1 unspecified atom stereocenters. The van der Waals surface area contributed by atoms with E-state index in [0.29, 0.717) is 0 Å². The Kier molecular flexibility index (Phi) is 4.16. The van der Waals surface area contributed by atoms with Crippen LogP contribution in [0.25, 0.3) is 11.2 Å². The molecule has 0 spiro atoms. The van der Waals surface area contributed by atoms with E-state index in [0.717, 1.165) is 16.5 Å². The molecular formula is C15H14N6O4. The zero-order valence-electron chi connectivity index (χ0n) is 12.9. The molecule has 3 rings (SSSR count). The molecule has 0 saturated heterocycles. The number of imidazole rings is 1. The van der Waals surface area contributed by atoms with Crippen LogP contribution < -0.4 is 11.5 Å². The summed E-state index contributed by atoms with van der Waals surface area (Å²) >= 11 is 0. The summed E-state index contributed by atoms with van der Waals surface area (Å²) in [5.74, 6) is -2.56. The molecule has 5 N–H and O–H groups in total. The van der Waals surface area contributed by atoms with Gasteiger partial charge in [0.1, 0.15) is 12.1 Å². The van der Waals surface area contributed by atoms with Crippen LogP contribution in [0.1, 0.15) is 11.6 Å². The average molecular weight is 342 g/mol. The minimum atomic E-state index is -1.68. The number of fused-ring (bicyclic) bond motifs is 1. The first kappa shape index (κ1) is 16.2. The molecule has 0 amide bonds. The maximum Gasteiger partial charge on any atom is 0.341 e. The number of nitrogens with zero attached hydrogens (tertiary/aromatic N) is 4. The first-order valence-electron chi connectivity index (χ1n) is 7.16. The van der Waals surface area contributed by atoms with Crippen LogP contribution >= 0.6 is 0 Å². The van der Waals surface area contributed by atoms with Gasteiger partial charge in [0.25, 0.3) is 0 Å². The molecule has 1 aromatic carbocycles. The number of rotatable bonds is 5. The Morgan fingerprint density at radius 3 is 2.60 bits per heavy atom. The van der Waals surface area contributed by atoms with Gasteiger partial charge in [0.2, 0.25) is 12.0 Å². The Labute approximate surface area is 141 Å². The topological polar surface area (TPSA) is 159 Å². The van der Waals surface area contributed by atoms with Gasteiger partial charge in [-0.05, 0) is 5.56 Å². The minimum absolute atomic E-state index is 0.0111. The molecule has 10 nitrogen and oxygen atoms in total. The first-order valence-corrected chi connectivity index (χ1v) is 7.16. The van der Waals surface area contributed by atoms with Crippen molar-refractivity contribution < 1.29 is 19.4 Å². The molecule has 0 aliphatic carbocycles. The van der Waals surface area contributed by atoms with Gasteiger partial charge in [0.15, 0.2) is 11.5 Å². The lowest BCUT2D eigenvalue weighted by atomic mass is 10.2. The number of carboxylic acids is 1. The summed E-state index contributed by atoms with van der Waals surface area (Å²) in [6.07, 6.45) is 1.14. The molecule has 0 fully saturated rings. The Bertz CT molecular complexity index is 940. The number of esters is 1. The Balaban J connectivity index is 1.91. The second-order valence-electron chi connectivity index (χ2n) is 5.13. The third-order valence-corrected chi connectivity index (χ3v) is 3.42. The van der Waals surface area contributed by atoms with Gasteiger partial charge in [-0.2, -0.15) is 9.97 Å². The van der Waals surface area contributed by atoms with Crippen molar-refractivity contribution in [1.82, 2.24) is 19.5 Å². The predicted molar refractivity (Wildman–Crippen MR) is 87.1 cm³/mol. The van der Waals surface area contributed by atoms with Crippen molar-refractivity contribution in [3.05, 3.63) is 42.2 Å². The molecule has 1 atom stereocenters. The fourth-order valence-electron chi connectivity index (χ4n) is 2.29. The van der Waals surface area contributed by atoms with Crippen LogP contribution in [0.4, 0.5) is 11.8 Å². The van der Waals surface area contributed by atoms with Crippen LogP contribution in [-0.2, 0) is 20.9 Å². The monoisotopic (exact) mass is 342 g/mol. The Morgan fingerprint density at radius 2 is 1.92 bits per heavy atom. The van der Waals surface area contributed by atoms with E-state index >= 15 is 0 Å². The van der Waals surface area contributed by atoms with Crippen molar-refractivity contribution in [2.24, 2.45) is 0 Å². The van der Waals surface area contributed by atoms with E-state index in [-0.39, 0.29) is 29.5 Å². The number of anilines is 2. The van der Waals surface area contributed by atoms with Crippen molar-refractivity contribution in [3.63, 3.8) is 0 Å². The third-order valence-electron chi connectivity index (χ3n) is 3.42. The quantitative estimate of drug-likeness (QED) is 0.439. The van der Waals surface area contributed by atoms with E-state index in [9.17, 15) is 14.7 Å². The number of benzene rings is 1. The maximum absolute atomic E-state index is 12.3. The van der Waals surface area contributed by atoms with Gasteiger partial charge >= 0.3 is 11.9 Å². The molecule has 10 heteroatoms. The SMILES string of the molecule is Nc1nc(N)c2ncn(C(C(=O)O)C(=O)OCc3ccccc3)c2n1. The number of carbonyl (C=O) groups excluding carboxylic acids is 1. The van der Waals surface area contributed by atoms with E-state index in [1.54, 1.807) is 24.3 Å². The highest BCUT2D eigenvalue weighted by atomic mass is 16.5. The number of nitrogen functional groups attached to an aromatic ring is 2. The molecule has 0 aliphatic rings. The third kappa shape index (κ3) is 3.17. The molecule has 25 heavy (non-hydrogen) atoms. The largest absolute Gasteiger partial charge is 0.479 e. The smallest absolute Gasteiger partial charge is 0.341 e. The number of hydrogen-bond acceptors (Lipinski definition) is 8. The highest BCUT2D eigenvalue weighted by Gasteiger charge is 2.32. The Morgan fingerprint density at radius 1 is 1.20 bits per heavy atom. The van der Waals surface area contributed by atoms with Crippen LogP contribution in [0.15, 0.2) is 36.7 Å². The fourth-order valence-corrected chi connectivity index (χ4v) is 2.29. The van der Waals surface area contributed by atoms with E-state index in [2.05, 4.69) is 15.0 Å². The van der Waals surface area contributed by atoms with Gasteiger partial charge in [-0.3, -0.25) is 4.57 Å². The summed E-state index contributed by atoms with van der Waals surface area (Å²) in [7, 11) is 0. The lowest BCUT2D eigenvalue weighted by Crippen LogP contribution is -2.29. The second kappa shape index (κ2) is 6.43. The number of aromatic nitrogens is 4. The van der Waals surface area contributed by atoms with Crippen molar-refractivity contribution in [2.75, 3.05) is 11.5 Å². The standard InChI is InChI=1S/C15H14N6O4/c16-11-9-12(20-15(17)19-11)21(7-18-9)10(13(22)23)14(24)25-6-8-4-2-1-3-5-8/h1-5,7,10H,6H2,(H,22,23)(H4,16,17,19,20).